The van der Waals surface area contributed by atoms with Gasteiger partial charge in [-0.25, -0.2) is 4.79 Å². The van der Waals surface area contributed by atoms with Gasteiger partial charge in [0.2, 0.25) is 5.91 Å². The first kappa shape index (κ1) is 25.2. The number of piperidine rings is 1. The highest BCUT2D eigenvalue weighted by molar-refractivity contribution is 6.30. The molecular formula is C26H29ClN6O3. The second-order valence-electron chi connectivity index (χ2n) is 8.59. The van der Waals surface area contributed by atoms with Gasteiger partial charge < -0.3 is 25.6 Å². The Labute approximate surface area is 215 Å². The van der Waals surface area contributed by atoms with Crippen LogP contribution in [0.1, 0.15) is 30.7 Å². The molecule has 0 saturated carbocycles. The van der Waals surface area contributed by atoms with E-state index in [2.05, 4.69) is 30.8 Å². The molecule has 10 heteroatoms. The predicted octanol–water partition coefficient (Wildman–Crippen LogP) is 3.96. The average molecular weight is 509 g/mol. The number of halogens is 1. The van der Waals surface area contributed by atoms with Crippen LogP contribution in [-0.2, 0) is 11.3 Å². The molecule has 0 bridgehead atoms. The number of carbonyl (C=O) groups is 2. The largest absolute Gasteiger partial charge is 0.495 e. The van der Waals surface area contributed by atoms with Crippen molar-refractivity contribution in [2.75, 3.05) is 30.4 Å². The molecule has 9 nitrogen and oxygen atoms in total. The number of methoxy groups -OCH3 is 1. The van der Waals surface area contributed by atoms with Crippen LogP contribution in [0.25, 0.3) is 0 Å². The van der Waals surface area contributed by atoms with Gasteiger partial charge in [-0.05, 0) is 55.0 Å². The van der Waals surface area contributed by atoms with E-state index in [0.29, 0.717) is 29.5 Å². The minimum atomic E-state index is -0.279. The van der Waals surface area contributed by atoms with Crippen LogP contribution in [0.4, 0.5) is 16.2 Å². The number of pyridine rings is 2. The number of nitrogens with zero attached hydrogens (tertiary/aromatic N) is 3. The lowest BCUT2D eigenvalue weighted by Crippen LogP contribution is -2.51. The first-order chi connectivity index (χ1) is 17.4. The number of hydrogen-bond donors (Lipinski definition) is 3. The SMILES string of the molecule is COc1ccc([C@@H]2CN(c3ccc(CNC(C)=O)nc3)CC[C@H]2NC(=O)Nc2ccc(Cl)cc2)nc1. The van der Waals surface area contributed by atoms with Crippen LogP contribution in [0, 0.1) is 0 Å². The summed E-state index contributed by atoms with van der Waals surface area (Å²) >= 11 is 5.94. The van der Waals surface area contributed by atoms with Crippen molar-refractivity contribution in [1.29, 1.82) is 0 Å². The molecule has 0 aliphatic carbocycles. The van der Waals surface area contributed by atoms with E-state index in [1.165, 1.54) is 6.92 Å². The van der Waals surface area contributed by atoms with E-state index in [0.717, 1.165) is 30.0 Å². The number of urea groups is 1. The van der Waals surface area contributed by atoms with E-state index in [1.54, 1.807) is 37.6 Å². The fourth-order valence-electron chi connectivity index (χ4n) is 4.18. The summed E-state index contributed by atoms with van der Waals surface area (Å²) in [6.07, 6.45) is 4.23. The van der Waals surface area contributed by atoms with Crippen molar-refractivity contribution in [2.24, 2.45) is 0 Å². The van der Waals surface area contributed by atoms with E-state index in [9.17, 15) is 9.59 Å². The Morgan fingerprint density at radius 2 is 1.89 bits per heavy atom. The average Bonchev–Trinajstić information content (AvgIpc) is 2.89. The highest BCUT2D eigenvalue weighted by Gasteiger charge is 2.33. The highest BCUT2D eigenvalue weighted by Crippen LogP contribution is 2.30. The second kappa shape index (κ2) is 11.7. The number of carbonyl (C=O) groups excluding carboxylic acids is 2. The van der Waals surface area contributed by atoms with Crippen molar-refractivity contribution in [3.8, 4) is 5.75 Å². The van der Waals surface area contributed by atoms with Crippen molar-refractivity contribution in [3.05, 3.63) is 77.3 Å². The summed E-state index contributed by atoms with van der Waals surface area (Å²) in [6.45, 7) is 3.27. The maximum absolute atomic E-state index is 12.8. The standard InChI is InChI=1S/C26H29ClN6O3/c1-17(34)28-13-20-7-8-21(14-29-20)33-12-11-25(23(16-33)24-10-9-22(36-2)15-30-24)32-26(35)31-19-5-3-18(27)4-6-19/h3-10,14-15,23,25H,11-13,16H2,1-2H3,(H,28,34)(H2,31,32,35)/t23-,25+/m0/s1. The summed E-state index contributed by atoms with van der Waals surface area (Å²) in [4.78, 5) is 35.3. The van der Waals surface area contributed by atoms with Gasteiger partial charge >= 0.3 is 6.03 Å². The minimum Gasteiger partial charge on any atom is -0.495 e. The molecule has 3 N–H and O–H groups in total. The first-order valence-corrected chi connectivity index (χ1v) is 12.1. The van der Waals surface area contributed by atoms with E-state index in [-0.39, 0.29) is 23.9 Å². The number of amides is 3. The van der Waals surface area contributed by atoms with E-state index in [4.69, 9.17) is 16.3 Å². The van der Waals surface area contributed by atoms with Crippen LogP contribution in [-0.4, -0.2) is 48.1 Å². The summed E-state index contributed by atoms with van der Waals surface area (Å²) in [7, 11) is 1.60. The number of nitrogens with one attached hydrogen (secondary N) is 3. The maximum atomic E-state index is 12.8. The lowest BCUT2D eigenvalue weighted by atomic mass is 9.88. The molecule has 3 amide bonds. The predicted molar refractivity (Wildman–Crippen MR) is 140 cm³/mol. The molecule has 0 radical (unpaired) electrons. The number of rotatable bonds is 7. The fourth-order valence-corrected chi connectivity index (χ4v) is 4.31. The van der Waals surface area contributed by atoms with Gasteiger partial charge in [0, 0.05) is 48.4 Å². The van der Waals surface area contributed by atoms with Gasteiger partial charge in [-0.15, -0.1) is 0 Å². The van der Waals surface area contributed by atoms with Crippen LogP contribution in [0.3, 0.4) is 0 Å². The molecule has 1 saturated heterocycles. The highest BCUT2D eigenvalue weighted by atomic mass is 35.5. The molecule has 3 heterocycles. The van der Waals surface area contributed by atoms with E-state index in [1.807, 2.05) is 30.5 Å². The topological polar surface area (TPSA) is 108 Å². The van der Waals surface area contributed by atoms with Crippen molar-refractivity contribution in [2.45, 2.75) is 31.8 Å². The van der Waals surface area contributed by atoms with Crippen LogP contribution in [0.2, 0.25) is 5.02 Å². The van der Waals surface area contributed by atoms with Crippen molar-refractivity contribution in [3.63, 3.8) is 0 Å². The third-order valence-corrected chi connectivity index (χ3v) is 6.35. The molecule has 2 aromatic heterocycles. The number of ether oxygens (including phenoxy) is 1. The number of aromatic nitrogens is 2. The Morgan fingerprint density at radius 1 is 1.08 bits per heavy atom. The molecule has 4 rings (SSSR count). The Balaban J connectivity index is 1.48. The fraction of sp³-hybridized carbons (Fsp3) is 0.308. The van der Waals surface area contributed by atoms with Crippen LogP contribution >= 0.6 is 11.6 Å². The Hall–Kier alpha value is -3.85. The summed E-state index contributed by atoms with van der Waals surface area (Å²) < 4.78 is 5.26. The number of benzene rings is 1. The lowest BCUT2D eigenvalue weighted by molar-refractivity contribution is -0.119. The van der Waals surface area contributed by atoms with Gasteiger partial charge in [0.25, 0.3) is 0 Å². The zero-order valence-electron chi connectivity index (χ0n) is 20.2. The zero-order chi connectivity index (χ0) is 25.5. The molecule has 1 aromatic carbocycles. The molecule has 1 fully saturated rings. The van der Waals surface area contributed by atoms with Gasteiger partial charge in [-0.1, -0.05) is 11.6 Å². The molecule has 2 atom stereocenters. The van der Waals surface area contributed by atoms with Gasteiger partial charge in [0.15, 0.2) is 0 Å². The second-order valence-corrected chi connectivity index (χ2v) is 9.03. The molecular weight excluding hydrogens is 480 g/mol. The Kier molecular flexibility index (Phi) is 8.22. The van der Waals surface area contributed by atoms with Crippen molar-refractivity contribution >= 4 is 34.9 Å². The number of anilines is 2. The quantitative estimate of drug-likeness (QED) is 0.446. The summed E-state index contributed by atoms with van der Waals surface area (Å²) in [5.41, 5.74) is 3.30. The monoisotopic (exact) mass is 508 g/mol. The van der Waals surface area contributed by atoms with E-state index < -0.39 is 0 Å². The third-order valence-electron chi connectivity index (χ3n) is 6.10. The number of hydrogen-bond acceptors (Lipinski definition) is 6. The normalized spacial score (nSPS) is 17.2. The van der Waals surface area contributed by atoms with Crippen molar-refractivity contribution in [1.82, 2.24) is 20.6 Å². The van der Waals surface area contributed by atoms with Gasteiger partial charge in [-0.2, -0.15) is 0 Å². The summed E-state index contributed by atoms with van der Waals surface area (Å²) in [5, 5.41) is 9.37. The van der Waals surface area contributed by atoms with Crippen LogP contribution in [0.5, 0.6) is 5.75 Å². The molecule has 36 heavy (non-hydrogen) atoms. The van der Waals surface area contributed by atoms with Gasteiger partial charge in [0.1, 0.15) is 5.75 Å². The van der Waals surface area contributed by atoms with Crippen LogP contribution < -0.4 is 25.6 Å². The molecule has 0 unspecified atom stereocenters. The zero-order valence-corrected chi connectivity index (χ0v) is 21.0. The Morgan fingerprint density at radius 3 is 2.53 bits per heavy atom. The minimum absolute atomic E-state index is 0.0559. The third kappa shape index (κ3) is 6.63. The summed E-state index contributed by atoms with van der Waals surface area (Å²) in [5.74, 6) is 0.528. The molecule has 188 valence electrons. The molecule has 3 aromatic rings. The van der Waals surface area contributed by atoms with Crippen LogP contribution in [0.15, 0.2) is 60.9 Å². The van der Waals surface area contributed by atoms with Gasteiger partial charge in [-0.3, -0.25) is 14.8 Å². The Bertz CT molecular complexity index is 1170. The van der Waals surface area contributed by atoms with Gasteiger partial charge in [0.05, 0.1) is 37.4 Å². The summed E-state index contributed by atoms with van der Waals surface area (Å²) in [6, 6.07) is 14.3. The van der Waals surface area contributed by atoms with E-state index >= 15 is 0 Å². The lowest BCUT2D eigenvalue weighted by Gasteiger charge is -2.39. The molecule has 0 spiro atoms. The smallest absolute Gasteiger partial charge is 0.319 e. The van der Waals surface area contributed by atoms with Crippen molar-refractivity contribution < 1.29 is 14.3 Å². The molecule has 1 aliphatic heterocycles. The first-order valence-electron chi connectivity index (χ1n) is 11.7. The molecule has 1 aliphatic rings. The maximum Gasteiger partial charge on any atom is 0.319 e.